The van der Waals surface area contributed by atoms with Crippen LogP contribution in [-0.4, -0.2) is 59.1 Å². The average Bonchev–Trinajstić information content (AvgIpc) is 2.67. The predicted molar refractivity (Wildman–Crippen MR) is 59.7 cm³/mol. The Morgan fingerprint density at radius 1 is 0.955 bits per heavy atom. The molecule has 2 fully saturated rings. The van der Waals surface area contributed by atoms with Gasteiger partial charge in [0.15, 0.2) is 0 Å². The van der Waals surface area contributed by atoms with E-state index < -0.39 is 24.3 Å². The Balaban J connectivity index is 0.000000303. The van der Waals surface area contributed by atoms with Crippen molar-refractivity contribution in [2.75, 3.05) is 19.6 Å². The van der Waals surface area contributed by atoms with Crippen LogP contribution in [0.15, 0.2) is 0 Å². The summed E-state index contributed by atoms with van der Waals surface area (Å²) in [6.45, 7) is 3.80. The molecule has 0 aromatic rings. The molecular formula is C10H14F6N2O4. The molecule has 2 saturated heterocycles. The average molecular weight is 340 g/mol. The molecule has 2 bridgehead atoms. The topological polar surface area (TPSA) is 89.9 Å². The summed E-state index contributed by atoms with van der Waals surface area (Å²) in [4.78, 5) is 17.8. The number of nitrogens with one attached hydrogen (secondary N) is 1. The number of hydrogen-bond acceptors (Lipinski definition) is 4. The fraction of sp³-hybridized carbons (Fsp3) is 0.800. The summed E-state index contributed by atoms with van der Waals surface area (Å²) >= 11 is 0. The molecule has 12 heteroatoms. The molecule has 2 heterocycles. The molecule has 2 atom stereocenters. The lowest BCUT2D eigenvalue weighted by molar-refractivity contribution is -0.193. The maximum absolute atomic E-state index is 10.6. The molecule has 3 N–H and O–H groups in total. The molecule has 0 aliphatic carbocycles. The Kier molecular flexibility index (Phi) is 7.59. The molecule has 2 unspecified atom stereocenters. The van der Waals surface area contributed by atoms with Crippen LogP contribution in [0.4, 0.5) is 26.3 Å². The van der Waals surface area contributed by atoms with Gasteiger partial charge in [0.2, 0.25) is 0 Å². The first-order valence-electron chi connectivity index (χ1n) is 5.92. The minimum atomic E-state index is -5.08. The fourth-order valence-electron chi connectivity index (χ4n) is 1.64. The third kappa shape index (κ3) is 8.67. The van der Waals surface area contributed by atoms with E-state index in [9.17, 15) is 26.3 Å². The van der Waals surface area contributed by atoms with Crippen LogP contribution >= 0.6 is 0 Å². The Morgan fingerprint density at radius 3 is 1.64 bits per heavy atom. The molecule has 0 spiro atoms. The van der Waals surface area contributed by atoms with Crippen molar-refractivity contribution in [2.24, 2.45) is 5.92 Å². The maximum atomic E-state index is 10.6. The van der Waals surface area contributed by atoms with Crippen LogP contribution in [-0.2, 0) is 9.59 Å². The predicted octanol–water partition coefficient (Wildman–Crippen LogP) is 1.48. The van der Waals surface area contributed by atoms with Crippen molar-refractivity contribution >= 4 is 11.9 Å². The van der Waals surface area contributed by atoms with Crippen molar-refractivity contribution in [3.8, 4) is 0 Å². The third-order valence-electron chi connectivity index (χ3n) is 2.66. The SMILES string of the molecule is C1CC2CCN(C2)N1.O=C(O)C(F)(F)F.O=C(O)C(F)(F)F. The highest BCUT2D eigenvalue weighted by atomic mass is 19.4. The molecule has 22 heavy (non-hydrogen) atoms. The lowest BCUT2D eigenvalue weighted by Gasteiger charge is -2.22. The Bertz CT molecular complexity index is 347. The summed E-state index contributed by atoms with van der Waals surface area (Å²) in [5.41, 5.74) is 3.34. The van der Waals surface area contributed by atoms with Crippen molar-refractivity contribution in [3.63, 3.8) is 0 Å². The van der Waals surface area contributed by atoms with Gasteiger partial charge in [-0.25, -0.2) is 14.6 Å². The Labute approximate surface area is 120 Å². The van der Waals surface area contributed by atoms with Crippen LogP contribution in [0.25, 0.3) is 0 Å². The number of hydrogen-bond donors (Lipinski definition) is 3. The van der Waals surface area contributed by atoms with Gasteiger partial charge >= 0.3 is 24.3 Å². The second kappa shape index (κ2) is 8.17. The second-order valence-corrected chi connectivity index (χ2v) is 4.40. The number of fused-ring (bicyclic) bond motifs is 2. The van der Waals surface area contributed by atoms with Crippen molar-refractivity contribution in [2.45, 2.75) is 25.2 Å². The normalized spacial score (nSPS) is 23.5. The van der Waals surface area contributed by atoms with Crippen LogP contribution in [0, 0.1) is 5.92 Å². The molecular weight excluding hydrogens is 326 g/mol. The largest absolute Gasteiger partial charge is 0.490 e. The smallest absolute Gasteiger partial charge is 0.475 e. The summed E-state index contributed by atoms with van der Waals surface area (Å²) in [6, 6.07) is 0. The van der Waals surface area contributed by atoms with E-state index in [0.29, 0.717) is 0 Å². The fourth-order valence-corrected chi connectivity index (χ4v) is 1.64. The van der Waals surface area contributed by atoms with Gasteiger partial charge in [-0.15, -0.1) is 0 Å². The molecule has 0 saturated carbocycles. The van der Waals surface area contributed by atoms with Crippen molar-refractivity contribution in [3.05, 3.63) is 0 Å². The molecule has 0 radical (unpaired) electrons. The van der Waals surface area contributed by atoms with Crippen LogP contribution in [0.2, 0.25) is 0 Å². The van der Waals surface area contributed by atoms with Gasteiger partial charge in [-0.2, -0.15) is 26.3 Å². The highest BCUT2D eigenvalue weighted by Gasteiger charge is 2.38. The van der Waals surface area contributed by atoms with Gasteiger partial charge in [0, 0.05) is 19.6 Å². The first kappa shape index (κ1) is 20.4. The molecule has 2 aliphatic heterocycles. The second-order valence-electron chi connectivity index (χ2n) is 4.40. The zero-order chi connectivity index (χ0) is 17.6. The Hall–Kier alpha value is -1.56. The number of aliphatic carboxylic acids is 2. The van der Waals surface area contributed by atoms with E-state index in [4.69, 9.17) is 19.8 Å². The first-order valence-corrected chi connectivity index (χ1v) is 5.92. The molecule has 130 valence electrons. The van der Waals surface area contributed by atoms with Crippen molar-refractivity contribution in [1.29, 1.82) is 0 Å². The lowest BCUT2D eigenvalue weighted by Crippen LogP contribution is -2.40. The van der Waals surface area contributed by atoms with Gasteiger partial charge in [0.25, 0.3) is 0 Å². The van der Waals surface area contributed by atoms with Gasteiger partial charge in [0.05, 0.1) is 0 Å². The molecule has 6 nitrogen and oxygen atoms in total. The standard InChI is InChI=1S/C6H12N2.2C2HF3O2/c1-3-7-8-4-2-6(1)5-8;2*3-2(4,5)1(6)7/h6-7H,1-5H2;2*(H,6,7). The zero-order valence-electron chi connectivity index (χ0n) is 11.0. The van der Waals surface area contributed by atoms with Gasteiger partial charge in [-0.05, 0) is 18.8 Å². The van der Waals surface area contributed by atoms with E-state index in [-0.39, 0.29) is 0 Å². The first-order chi connectivity index (χ1) is 9.84. The molecule has 0 amide bonds. The number of carboxylic acids is 2. The number of rotatable bonds is 0. The minimum absolute atomic E-state index is 1.02. The van der Waals surface area contributed by atoms with Gasteiger partial charge in [-0.3, -0.25) is 5.43 Å². The molecule has 2 rings (SSSR count). The highest BCUT2D eigenvalue weighted by molar-refractivity contribution is 5.73. The summed E-state index contributed by atoms with van der Waals surface area (Å²) in [7, 11) is 0. The molecule has 0 aromatic heterocycles. The highest BCUT2D eigenvalue weighted by Crippen LogP contribution is 2.20. The molecule has 0 aromatic carbocycles. The van der Waals surface area contributed by atoms with E-state index in [1.165, 1.54) is 32.5 Å². The van der Waals surface area contributed by atoms with Gasteiger partial charge < -0.3 is 10.2 Å². The van der Waals surface area contributed by atoms with Crippen molar-refractivity contribution in [1.82, 2.24) is 10.4 Å². The van der Waals surface area contributed by atoms with E-state index in [2.05, 4.69) is 10.4 Å². The maximum Gasteiger partial charge on any atom is 0.490 e. The number of hydrazine groups is 1. The molecule has 2 aliphatic rings. The van der Waals surface area contributed by atoms with E-state index in [0.717, 1.165) is 5.92 Å². The summed E-state index contributed by atoms with van der Waals surface area (Å²) in [5.74, 6) is -4.49. The number of nitrogens with zero attached hydrogens (tertiary/aromatic N) is 1. The Morgan fingerprint density at radius 2 is 1.36 bits per heavy atom. The third-order valence-corrected chi connectivity index (χ3v) is 2.66. The van der Waals surface area contributed by atoms with Crippen molar-refractivity contribution < 1.29 is 46.1 Å². The van der Waals surface area contributed by atoms with E-state index in [1.807, 2.05) is 0 Å². The summed E-state index contributed by atoms with van der Waals surface area (Å²) < 4.78 is 63.5. The summed E-state index contributed by atoms with van der Waals surface area (Å²) in [6.07, 6.45) is -7.34. The lowest BCUT2D eigenvalue weighted by atomic mass is 10.1. The number of carbonyl (C=O) groups is 2. The zero-order valence-corrected chi connectivity index (χ0v) is 11.0. The number of halogens is 6. The summed E-state index contributed by atoms with van der Waals surface area (Å²) in [5, 5.41) is 16.6. The van der Waals surface area contributed by atoms with E-state index in [1.54, 1.807) is 0 Å². The van der Waals surface area contributed by atoms with Gasteiger partial charge in [-0.1, -0.05) is 0 Å². The van der Waals surface area contributed by atoms with Crippen LogP contribution in [0.5, 0.6) is 0 Å². The van der Waals surface area contributed by atoms with Crippen LogP contribution < -0.4 is 5.43 Å². The number of carboxylic acid groups (broad SMARTS) is 2. The van der Waals surface area contributed by atoms with Crippen LogP contribution in [0.1, 0.15) is 12.8 Å². The van der Waals surface area contributed by atoms with E-state index >= 15 is 0 Å². The quantitative estimate of drug-likeness (QED) is 0.579. The van der Waals surface area contributed by atoms with Crippen LogP contribution in [0.3, 0.4) is 0 Å². The van der Waals surface area contributed by atoms with Gasteiger partial charge in [0.1, 0.15) is 0 Å². The minimum Gasteiger partial charge on any atom is -0.475 e. The monoisotopic (exact) mass is 340 g/mol. The number of alkyl halides is 6.